The first-order valence-corrected chi connectivity index (χ1v) is 6.57. The number of likely N-dealkylation sites (tertiary alicyclic amines) is 1. The van der Waals surface area contributed by atoms with Gasteiger partial charge in [0.05, 0.1) is 0 Å². The average Bonchev–Trinajstić information content (AvgIpc) is 2.85. The Labute approximate surface area is 115 Å². The number of hydrogen-bond donors (Lipinski definition) is 0. The summed E-state index contributed by atoms with van der Waals surface area (Å²) in [5.41, 5.74) is 0.343. The third-order valence-electron chi connectivity index (χ3n) is 3.12. The van der Waals surface area contributed by atoms with E-state index in [9.17, 15) is 13.6 Å². The Morgan fingerprint density at radius 3 is 3.00 bits per heavy atom. The van der Waals surface area contributed by atoms with Crippen LogP contribution >= 0.6 is 11.6 Å². The van der Waals surface area contributed by atoms with Crippen molar-refractivity contribution >= 4 is 17.5 Å². The number of hydrogen-bond acceptors (Lipinski definition) is 2. The van der Waals surface area contributed by atoms with Crippen LogP contribution in [0.25, 0.3) is 0 Å². The lowest BCUT2D eigenvalue weighted by Gasteiger charge is -2.23. The molecular formula is C13H14ClF2NO2. The summed E-state index contributed by atoms with van der Waals surface area (Å²) in [6.07, 6.45) is 1.79. The van der Waals surface area contributed by atoms with Gasteiger partial charge in [0.15, 0.2) is 0 Å². The van der Waals surface area contributed by atoms with Crippen LogP contribution in [-0.2, 0) is 0 Å². The molecule has 0 spiro atoms. The molecule has 1 aromatic rings. The Morgan fingerprint density at radius 1 is 1.53 bits per heavy atom. The van der Waals surface area contributed by atoms with Crippen LogP contribution in [0.1, 0.15) is 23.2 Å². The van der Waals surface area contributed by atoms with E-state index in [2.05, 4.69) is 4.74 Å². The highest BCUT2D eigenvalue weighted by atomic mass is 35.5. The fraction of sp³-hybridized carbons (Fsp3) is 0.462. The van der Waals surface area contributed by atoms with Crippen LogP contribution < -0.4 is 4.74 Å². The lowest BCUT2D eigenvalue weighted by Crippen LogP contribution is -2.36. The number of benzene rings is 1. The first-order chi connectivity index (χ1) is 9.11. The average molecular weight is 290 g/mol. The van der Waals surface area contributed by atoms with Crippen molar-refractivity contribution in [2.24, 2.45) is 0 Å². The first kappa shape index (κ1) is 14.1. The van der Waals surface area contributed by atoms with Crippen molar-refractivity contribution in [2.45, 2.75) is 25.5 Å². The van der Waals surface area contributed by atoms with Gasteiger partial charge in [-0.15, -0.1) is 11.6 Å². The van der Waals surface area contributed by atoms with Crippen molar-refractivity contribution < 1.29 is 18.3 Å². The highest BCUT2D eigenvalue weighted by molar-refractivity contribution is 6.18. The van der Waals surface area contributed by atoms with E-state index in [0.29, 0.717) is 18.0 Å². The maximum absolute atomic E-state index is 12.3. The van der Waals surface area contributed by atoms with Gasteiger partial charge in [-0.2, -0.15) is 8.78 Å². The smallest absolute Gasteiger partial charge is 0.387 e. The molecule has 104 valence electrons. The minimum absolute atomic E-state index is 0.0116. The Kier molecular flexibility index (Phi) is 4.58. The van der Waals surface area contributed by atoms with E-state index in [-0.39, 0.29) is 17.7 Å². The molecule has 1 heterocycles. The molecule has 1 amide bonds. The third-order valence-corrected chi connectivity index (χ3v) is 3.48. The Bertz CT molecular complexity index is 456. The Balaban J connectivity index is 2.14. The van der Waals surface area contributed by atoms with Gasteiger partial charge in [-0.25, -0.2) is 0 Å². The van der Waals surface area contributed by atoms with Crippen LogP contribution in [0.4, 0.5) is 8.78 Å². The molecule has 6 heteroatoms. The van der Waals surface area contributed by atoms with E-state index in [1.165, 1.54) is 18.2 Å². The molecule has 0 N–H and O–H groups in total. The van der Waals surface area contributed by atoms with Crippen LogP contribution in [0.5, 0.6) is 5.75 Å². The summed E-state index contributed by atoms with van der Waals surface area (Å²) in [6.45, 7) is -2.25. The number of carbonyl (C=O) groups excluding carboxylic acids is 1. The molecule has 19 heavy (non-hydrogen) atoms. The number of ether oxygens (including phenoxy) is 1. The fourth-order valence-corrected chi connectivity index (χ4v) is 2.56. The molecule has 1 aliphatic rings. The molecule has 0 aliphatic carbocycles. The summed E-state index contributed by atoms with van der Waals surface area (Å²) in [6, 6.07) is 5.86. The van der Waals surface area contributed by atoms with Crippen molar-refractivity contribution in [1.82, 2.24) is 4.90 Å². The number of amides is 1. The predicted octanol–water partition coefficient (Wildman–Crippen LogP) is 3.13. The second-order valence-corrected chi connectivity index (χ2v) is 4.66. The number of nitrogens with zero attached hydrogens (tertiary/aromatic N) is 1. The summed E-state index contributed by atoms with van der Waals surface area (Å²) in [7, 11) is 0. The van der Waals surface area contributed by atoms with Gasteiger partial charge in [-0.05, 0) is 31.0 Å². The topological polar surface area (TPSA) is 29.5 Å². The van der Waals surface area contributed by atoms with Crippen molar-refractivity contribution in [3.05, 3.63) is 29.8 Å². The van der Waals surface area contributed by atoms with E-state index < -0.39 is 6.61 Å². The van der Waals surface area contributed by atoms with Crippen LogP contribution in [0, 0.1) is 0 Å². The van der Waals surface area contributed by atoms with Crippen molar-refractivity contribution in [3.8, 4) is 5.75 Å². The molecular weight excluding hydrogens is 276 g/mol. The predicted molar refractivity (Wildman–Crippen MR) is 67.9 cm³/mol. The standard InChI is InChI=1S/C13H14ClF2NO2/c14-8-10-4-2-6-17(10)12(18)9-3-1-5-11(7-9)19-13(15)16/h1,3,5,7,10,13H,2,4,6,8H2. The van der Waals surface area contributed by atoms with Gasteiger partial charge in [-0.3, -0.25) is 4.79 Å². The third kappa shape index (κ3) is 3.35. The molecule has 1 unspecified atom stereocenters. The van der Waals surface area contributed by atoms with Gasteiger partial charge in [0, 0.05) is 24.0 Å². The van der Waals surface area contributed by atoms with Crippen molar-refractivity contribution in [3.63, 3.8) is 0 Å². The molecule has 0 radical (unpaired) electrons. The van der Waals surface area contributed by atoms with E-state index in [1.54, 1.807) is 11.0 Å². The molecule has 1 aliphatic heterocycles. The van der Waals surface area contributed by atoms with E-state index in [1.807, 2.05) is 0 Å². The molecule has 1 aromatic carbocycles. The number of rotatable bonds is 4. The summed E-state index contributed by atoms with van der Waals surface area (Å²) in [5.74, 6) is 0.184. The van der Waals surface area contributed by atoms with Crippen molar-refractivity contribution in [1.29, 1.82) is 0 Å². The molecule has 0 bridgehead atoms. The van der Waals surface area contributed by atoms with Gasteiger partial charge in [0.2, 0.25) is 0 Å². The fourth-order valence-electron chi connectivity index (χ4n) is 2.23. The highest BCUT2D eigenvalue weighted by Gasteiger charge is 2.28. The molecule has 3 nitrogen and oxygen atoms in total. The molecule has 1 atom stereocenters. The van der Waals surface area contributed by atoms with Crippen LogP contribution in [0.2, 0.25) is 0 Å². The van der Waals surface area contributed by atoms with Gasteiger partial charge in [-0.1, -0.05) is 6.07 Å². The normalized spacial score (nSPS) is 18.9. The number of halogens is 3. The summed E-state index contributed by atoms with van der Waals surface area (Å²) >= 11 is 5.82. The lowest BCUT2D eigenvalue weighted by molar-refractivity contribution is -0.0499. The maximum atomic E-state index is 12.3. The lowest BCUT2D eigenvalue weighted by atomic mass is 10.1. The first-order valence-electron chi connectivity index (χ1n) is 6.03. The van der Waals surface area contributed by atoms with E-state index in [0.717, 1.165) is 12.8 Å². The summed E-state index contributed by atoms with van der Waals surface area (Å²) in [4.78, 5) is 14.0. The van der Waals surface area contributed by atoms with Crippen LogP contribution in [-0.4, -0.2) is 35.9 Å². The van der Waals surface area contributed by atoms with E-state index in [4.69, 9.17) is 11.6 Å². The largest absolute Gasteiger partial charge is 0.435 e. The maximum Gasteiger partial charge on any atom is 0.387 e. The highest BCUT2D eigenvalue weighted by Crippen LogP contribution is 2.23. The summed E-state index contributed by atoms with van der Waals surface area (Å²) < 4.78 is 28.6. The number of alkyl halides is 3. The zero-order valence-corrected chi connectivity index (χ0v) is 10.9. The monoisotopic (exact) mass is 289 g/mol. The van der Waals surface area contributed by atoms with Gasteiger partial charge in [0.1, 0.15) is 5.75 Å². The molecule has 2 rings (SSSR count). The molecule has 1 fully saturated rings. The van der Waals surface area contributed by atoms with Crippen LogP contribution in [0.3, 0.4) is 0 Å². The number of carbonyl (C=O) groups is 1. The quantitative estimate of drug-likeness (QED) is 0.797. The molecule has 0 saturated carbocycles. The van der Waals surface area contributed by atoms with Gasteiger partial charge in [0.25, 0.3) is 5.91 Å². The Hall–Kier alpha value is -1.36. The van der Waals surface area contributed by atoms with Gasteiger partial charge >= 0.3 is 6.61 Å². The zero-order valence-electron chi connectivity index (χ0n) is 10.2. The second kappa shape index (κ2) is 6.19. The molecule has 0 aromatic heterocycles. The summed E-state index contributed by atoms with van der Waals surface area (Å²) in [5, 5.41) is 0. The minimum atomic E-state index is -2.90. The van der Waals surface area contributed by atoms with E-state index >= 15 is 0 Å². The Morgan fingerprint density at radius 2 is 2.32 bits per heavy atom. The molecule has 1 saturated heterocycles. The van der Waals surface area contributed by atoms with Crippen LogP contribution in [0.15, 0.2) is 24.3 Å². The second-order valence-electron chi connectivity index (χ2n) is 4.36. The SMILES string of the molecule is O=C(c1cccc(OC(F)F)c1)N1CCCC1CCl. The van der Waals surface area contributed by atoms with Crippen molar-refractivity contribution in [2.75, 3.05) is 12.4 Å². The minimum Gasteiger partial charge on any atom is -0.435 e. The van der Waals surface area contributed by atoms with Gasteiger partial charge < -0.3 is 9.64 Å². The zero-order chi connectivity index (χ0) is 13.8.